The number of hydrogen-bond acceptors (Lipinski definition) is 3. The van der Waals surface area contributed by atoms with Crippen molar-refractivity contribution >= 4 is 0 Å². The average Bonchev–Trinajstić information content (AvgIpc) is 2.67. The number of piperidine rings is 1. The Morgan fingerprint density at radius 1 is 1.54 bits per heavy atom. The molecule has 0 aliphatic carbocycles. The van der Waals surface area contributed by atoms with Crippen molar-refractivity contribution in [1.82, 2.24) is 10.3 Å². The van der Waals surface area contributed by atoms with Crippen LogP contribution in [0.15, 0.2) is 10.6 Å². The largest absolute Gasteiger partial charge is 0.443 e. The molecular weight excluding hydrogens is 171 g/mol. The van der Waals surface area contributed by atoms with Gasteiger partial charge in [0, 0.05) is 5.92 Å². The number of oxazole rings is 1. The highest BCUT2D eigenvalue weighted by Gasteiger charge is 2.19. The van der Waals surface area contributed by atoms with Crippen LogP contribution in [0.2, 0.25) is 0 Å². The van der Waals surface area contributed by atoms with E-state index in [9.17, 15) is 4.39 Å². The average molecular weight is 184 g/mol. The van der Waals surface area contributed by atoms with Gasteiger partial charge in [-0.2, -0.15) is 0 Å². The summed E-state index contributed by atoms with van der Waals surface area (Å²) in [5.74, 6) is 1.42. The van der Waals surface area contributed by atoms with Crippen LogP contribution < -0.4 is 5.32 Å². The SMILES string of the molecule is FCc1cnc(C2CCNCC2)o1. The highest BCUT2D eigenvalue weighted by molar-refractivity contribution is 4.99. The molecule has 0 spiro atoms. The van der Waals surface area contributed by atoms with Crippen LogP contribution in [0.4, 0.5) is 4.39 Å². The molecule has 1 N–H and O–H groups in total. The van der Waals surface area contributed by atoms with Gasteiger partial charge in [0.2, 0.25) is 0 Å². The fourth-order valence-corrected chi connectivity index (χ4v) is 1.64. The molecule has 0 atom stereocenters. The maximum absolute atomic E-state index is 12.2. The van der Waals surface area contributed by atoms with Gasteiger partial charge < -0.3 is 9.73 Å². The topological polar surface area (TPSA) is 38.1 Å². The first-order chi connectivity index (χ1) is 6.40. The third-order valence-corrected chi connectivity index (χ3v) is 2.39. The van der Waals surface area contributed by atoms with E-state index < -0.39 is 6.67 Å². The summed E-state index contributed by atoms with van der Waals surface area (Å²) in [6.07, 6.45) is 3.55. The molecule has 0 amide bonds. The zero-order valence-electron chi connectivity index (χ0n) is 7.42. The Bertz CT molecular complexity index is 268. The van der Waals surface area contributed by atoms with Crippen molar-refractivity contribution < 1.29 is 8.81 Å². The summed E-state index contributed by atoms with van der Waals surface area (Å²) in [7, 11) is 0. The molecule has 1 aromatic heterocycles. The van der Waals surface area contributed by atoms with Gasteiger partial charge >= 0.3 is 0 Å². The Kier molecular flexibility index (Phi) is 2.59. The van der Waals surface area contributed by atoms with Crippen LogP contribution in [-0.2, 0) is 6.67 Å². The zero-order valence-corrected chi connectivity index (χ0v) is 7.42. The van der Waals surface area contributed by atoms with Crippen LogP contribution in [0, 0.1) is 0 Å². The van der Waals surface area contributed by atoms with Gasteiger partial charge in [-0.3, -0.25) is 0 Å². The maximum Gasteiger partial charge on any atom is 0.197 e. The maximum atomic E-state index is 12.2. The van der Waals surface area contributed by atoms with E-state index in [-0.39, 0.29) is 0 Å². The van der Waals surface area contributed by atoms with Crippen molar-refractivity contribution in [2.45, 2.75) is 25.4 Å². The fourth-order valence-electron chi connectivity index (χ4n) is 1.64. The lowest BCUT2D eigenvalue weighted by molar-refractivity contribution is 0.333. The molecule has 0 saturated carbocycles. The number of rotatable bonds is 2. The van der Waals surface area contributed by atoms with E-state index in [0.29, 0.717) is 17.6 Å². The molecule has 1 saturated heterocycles. The Morgan fingerprint density at radius 3 is 2.92 bits per heavy atom. The summed E-state index contributed by atoms with van der Waals surface area (Å²) in [6, 6.07) is 0. The molecule has 72 valence electrons. The highest BCUT2D eigenvalue weighted by Crippen LogP contribution is 2.24. The van der Waals surface area contributed by atoms with Gasteiger partial charge in [0.25, 0.3) is 0 Å². The summed E-state index contributed by atoms with van der Waals surface area (Å²) in [4.78, 5) is 4.08. The fraction of sp³-hybridized carbons (Fsp3) is 0.667. The van der Waals surface area contributed by atoms with Crippen LogP contribution in [0.5, 0.6) is 0 Å². The van der Waals surface area contributed by atoms with Crippen molar-refractivity contribution in [3.8, 4) is 0 Å². The Labute approximate surface area is 76.3 Å². The van der Waals surface area contributed by atoms with Gasteiger partial charge in [0.05, 0.1) is 6.20 Å². The van der Waals surface area contributed by atoms with Gasteiger partial charge in [-0.15, -0.1) is 0 Å². The van der Waals surface area contributed by atoms with Crippen molar-refractivity contribution in [2.24, 2.45) is 0 Å². The molecule has 0 aromatic carbocycles. The monoisotopic (exact) mass is 184 g/mol. The molecule has 1 aliphatic heterocycles. The van der Waals surface area contributed by atoms with Crippen molar-refractivity contribution in [2.75, 3.05) is 13.1 Å². The van der Waals surface area contributed by atoms with E-state index in [0.717, 1.165) is 25.9 Å². The minimum atomic E-state index is -0.558. The standard InChI is InChI=1S/C9H13FN2O/c10-5-8-6-12-9(13-8)7-1-3-11-4-2-7/h6-7,11H,1-5H2. The van der Waals surface area contributed by atoms with Crippen LogP contribution in [0.25, 0.3) is 0 Å². The van der Waals surface area contributed by atoms with Gasteiger partial charge in [-0.1, -0.05) is 0 Å². The van der Waals surface area contributed by atoms with Gasteiger partial charge in [-0.25, -0.2) is 9.37 Å². The smallest absolute Gasteiger partial charge is 0.197 e. The minimum Gasteiger partial charge on any atom is -0.443 e. The van der Waals surface area contributed by atoms with E-state index >= 15 is 0 Å². The second-order valence-electron chi connectivity index (χ2n) is 3.32. The number of aromatic nitrogens is 1. The molecule has 13 heavy (non-hydrogen) atoms. The zero-order chi connectivity index (χ0) is 9.10. The van der Waals surface area contributed by atoms with E-state index in [4.69, 9.17) is 4.42 Å². The van der Waals surface area contributed by atoms with E-state index in [1.807, 2.05) is 0 Å². The highest BCUT2D eigenvalue weighted by atomic mass is 19.1. The number of nitrogens with zero attached hydrogens (tertiary/aromatic N) is 1. The van der Waals surface area contributed by atoms with Crippen LogP contribution >= 0.6 is 0 Å². The number of nitrogens with one attached hydrogen (secondary N) is 1. The second-order valence-corrected chi connectivity index (χ2v) is 3.32. The molecule has 2 heterocycles. The second kappa shape index (κ2) is 3.87. The van der Waals surface area contributed by atoms with Crippen molar-refractivity contribution in [1.29, 1.82) is 0 Å². The number of hydrogen-bond donors (Lipinski definition) is 1. The van der Waals surface area contributed by atoms with Crippen LogP contribution in [-0.4, -0.2) is 18.1 Å². The third-order valence-electron chi connectivity index (χ3n) is 2.39. The molecule has 1 aromatic rings. The first-order valence-corrected chi connectivity index (χ1v) is 4.61. The molecule has 4 heteroatoms. The van der Waals surface area contributed by atoms with E-state index in [1.165, 1.54) is 6.20 Å². The molecule has 1 fully saturated rings. The summed E-state index contributed by atoms with van der Waals surface area (Å²) in [5, 5.41) is 3.26. The van der Waals surface area contributed by atoms with E-state index in [1.54, 1.807) is 0 Å². The molecule has 0 bridgehead atoms. The lowest BCUT2D eigenvalue weighted by Crippen LogP contribution is -2.26. The lowest BCUT2D eigenvalue weighted by Gasteiger charge is -2.19. The predicted octanol–water partition coefficient (Wildman–Crippen LogP) is 1.61. The molecule has 0 radical (unpaired) electrons. The van der Waals surface area contributed by atoms with Gasteiger partial charge in [-0.05, 0) is 25.9 Å². The normalized spacial score (nSPS) is 19.2. The Hall–Kier alpha value is -0.900. The Morgan fingerprint density at radius 2 is 2.31 bits per heavy atom. The Balaban J connectivity index is 2.05. The van der Waals surface area contributed by atoms with Gasteiger partial charge in [0.15, 0.2) is 11.7 Å². The number of alkyl halides is 1. The summed E-state index contributed by atoms with van der Waals surface area (Å²) < 4.78 is 17.4. The summed E-state index contributed by atoms with van der Waals surface area (Å²) >= 11 is 0. The number of halogens is 1. The first-order valence-electron chi connectivity index (χ1n) is 4.61. The van der Waals surface area contributed by atoms with Crippen LogP contribution in [0.1, 0.15) is 30.4 Å². The summed E-state index contributed by atoms with van der Waals surface area (Å²) in [5.41, 5.74) is 0. The first kappa shape index (κ1) is 8.69. The molecular formula is C9H13FN2O. The van der Waals surface area contributed by atoms with Crippen molar-refractivity contribution in [3.63, 3.8) is 0 Å². The molecule has 1 aliphatic rings. The van der Waals surface area contributed by atoms with Crippen molar-refractivity contribution in [3.05, 3.63) is 17.8 Å². The van der Waals surface area contributed by atoms with E-state index in [2.05, 4.69) is 10.3 Å². The van der Waals surface area contributed by atoms with Crippen LogP contribution in [0.3, 0.4) is 0 Å². The van der Waals surface area contributed by atoms with Gasteiger partial charge in [0.1, 0.15) is 6.67 Å². The predicted molar refractivity (Wildman–Crippen MR) is 46.2 cm³/mol. The molecule has 2 rings (SSSR count). The summed E-state index contributed by atoms with van der Waals surface area (Å²) in [6.45, 7) is 1.44. The minimum absolute atomic E-state index is 0.341. The quantitative estimate of drug-likeness (QED) is 0.758. The molecule has 0 unspecified atom stereocenters. The molecule has 3 nitrogen and oxygen atoms in total. The lowest BCUT2D eigenvalue weighted by atomic mass is 9.98. The third kappa shape index (κ3) is 1.88.